The first-order valence-electron chi connectivity index (χ1n) is 12.3. The number of carbonyl (C=O) groups excluding carboxylic acids is 1. The number of ether oxygens (including phenoxy) is 2. The van der Waals surface area contributed by atoms with E-state index >= 15 is 0 Å². The van der Waals surface area contributed by atoms with Crippen molar-refractivity contribution in [3.8, 4) is 5.75 Å². The largest absolute Gasteiger partial charge is 0.500 e. The summed E-state index contributed by atoms with van der Waals surface area (Å²) in [5, 5.41) is 13.5. The van der Waals surface area contributed by atoms with E-state index in [0.717, 1.165) is 22.4 Å². The molecule has 0 unspecified atom stereocenters. The van der Waals surface area contributed by atoms with Gasteiger partial charge in [-0.2, -0.15) is 0 Å². The zero-order valence-electron chi connectivity index (χ0n) is 21.3. The average Bonchev–Trinajstić information content (AvgIpc) is 2.85. The lowest BCUT2D eigenvalue weighted by Crippen LogP contribution is -2.46. The summed E-state index contributed by atoms with van der Waals surface area (Å²) in [5.41, 5.74) is 0.813. The fraction of sp³-hybridized carbons (Fsp3) is 0.462. The molecule has 0 heterocycles. The number of alkyl carbamates (subject to hydrolysis) is 1. The summed E-state index contributed by atoms with van der Waals surface area (Å²) < 4.78 is 28.4. The summed E-state index contributed by atoms with van der Waals surface area (Å²) in [5.74, 6) is -0.267. The van der Waals surface area contributed by atoms with Gasteiger partial charge in [-0.1, -0.05) is 18.2 Å². The minimum absolute atomic E-state index is 0.244. The highest BCUT2D eigenvalue weighted by Gasteiger charge is 2.39. The summed E-state index contributed by atoms with van der Waals surface area (Å²) in [6.07, 6.45) is 3.42. The van der Waals surface area contributed by atoms with Crippen molar-refractivity contribution in [2.75, 3.05) is 39.6 Å². The van der Waals surface area contributed by atoms with E-state index in [1.54, 1.807) is 6.08 Å². The number of hydrogen-bond donors (Lipinski definition) is 2. The lowest BCUT2D eigenvalue weighted by molar-refractivity contribution is -0.131. The van der Waals surface area contributed by atoms with Gasteiger partial charge in [0.05, 0.1) is 13.2 Å². The van der Waals surface area contributed by atoms with Crippen LogP contribution in [0.2, 0.25) is 6.04 Å². The summed E-state index contributed by atoms with van der Waals surface area (Å²) in [7, 11) is -2.70. The van der Waals surface area contributed by atoms with Crippen molar-refractivity contribution in [2.45, 2.75) is 39.7 Å². The number of aliphatic carboxylic acids is 1. The van der Waals surface area contributed by atoms with Gasteiger partial charge < -0.3 is 33.2 Å². The Morgan fingerprint density at radius 1 is 0.917 bits per heavy atom. The number of fused-ring (bicyclic) bond motifs is 1. The van der Waals surface area contributed by atoms with Crippen molar-refractivity contribution in [2.24, 2.45) is 0 Å². The predicted molar refractivity (Wildman–Crippen MR) is 140 cm³/mol. The first kappa shape index (κ1) is 29.3. The molecule has 36 heavy (non-hydrogen) atoms. The highest BCUT2D eigenvalue weighted by Crippen LogP contribution is 2.23. The van der Waals surface area contributed by atoms with Crippen LogP contribution in [0.4, 0.5) is 4.79 Å². The number of carboxylic acid groups (broad SMARTS) is 1. The number of nitrogens with one attached hydrogen (secondary N) is 1. The van der Waals surface area contributed by atoms with Gasteiger partial charge in [-0.15, -0.1) is 0 Å². The molecular weight excluding hydrogens is 482 g/mol. The van der Waals surface area contributed by atoms with Gasteiger partial charge in [0.1, 0.15) is 5.75 Å². The molecule has 2 aromatic carbocycles. The minimum Gasteiger partial charge on any atom is -0.493 e. The summed E-state index contributed by atoms with van der Waals surface area (Å²) in [6, 6.07) is 12.0. The zero-order chi connectivity index (χ0) is 26.2. The Morgan fingerprint density at radius 3 is 2.25 bits per heavy atom. The van der Waals surface area contributed by atoms with Crippen LogP contribution in [0.25, 0.3) is 16.8 Å². The third-order valence-electron chi connectivity index (χ3n) is 5.07. The molecule has 1 amide bonds. The molecule has 198 valence electrons. The molecule has 2 N–H and O–H groups in total. The molecule has 2 rings (SSSR count). The van der Waals surface area contributed by atoms with Crippen molar-refractivity contribution in [3.63, 3.8) is 0 Å². The SMILES string of the molecule is CCO[Si](CCCNC(=O)OCCCOc1ccc2cc(/C=C/C(=O)O)ccc2c1)(OCC)OCC. The topological polar surface area (TPSA) is 113 Å². The maximum absolute atomic E-state index is 11.9. The first-order chi connectivity index (χ1) is 17.4. The van der Waals surface area contributed by atoms with Gasteiger partial charge in [0, 0.05) is 44.9 Å². The van der Waals surface area contributed by atoms with Crippen molar-refractivity contribution in [3.05, 3.63) is 48.0 Å². The third kappa shape index (κ3) is 10.4. The van der Waals surface area contributed by atoms with Crippen LogP contribution in [0.1, 0.15) is 39.2 Å². The van der Waals surface area contributed by atoms with Crippen molar-refractivity contribution in [1.82, 2.24) is 5.32 Å². The standard InChI is InChI=1S/C26H37NO8Si/c1-4-33-36(34-5-2,35-6-3)18-7-15-27-26(30)32-17-8-16-31-24-13-12-22-19-21(10-14-25(28)29)9-11-23(22)20-24/h9-14,19-20H,4-8,15-18H2,1-3H3,(H,27,30)(H,28,29)/b14-10+. The lowest BCUT2D eigenvalue weighted by atomic mass is 10.1. The van der Waals surface area contributed by atoms with Crippen LogP contribution in [0, 0.1) is 0 Å². The maximum Gasteiger partial charge on any atom is 0.500 e. The number of amides is 1. The van der Waals surface area contributed by atoms with Gasteiger partial charge in [-0.05, 0) is 67.8 Å². The number of hydrogen-bond acceptors (Lipinski definition) is 7. The second-order valence-corrected chi connectivity index (χ2v) is 10.5. The number of benzene rings is 2. The van der Waals surface area contributed by atoms with Crippen LogP contribution >= 0.6 is 0 Å². The van der Waals surface area contributed by atoms with E-state index in [1.165, 1.54) is 0 Å². The van der Waals surface area contributed by atoms with E-state index < -0.39 is 20.9 Å². The van der Waals surface area contributed by atoms with E-state index in [4.69, 9.17) is 27.9 Å². The Morgan fingerprint density at radius 2 is 1.58 bits per heavy atom. The van der Waals surface area contributed by atoms with Gasteiger partial charge in [0.2, 0.25) is 0 Å². The molecule has 0 saturated heterocycles. The Bertz CT molecular complexity index is 980. The minimum atomic E-state index is -2.70. The zero-order valence-corrected chi connectivity index (χ0v) is 22.3. The Hall–Kier alpha value is -2.92. The monoisotopic (exact) mass is 519 g/mol. The molecule has 0 aliphatic carbocycles. The van der Waals surface area contributed by atoms with Crippen LogP contribution in [-0.4, -0.2) is 65.6 Å². The molecule has 0 spiro atoms. The Kier molecular flexibility index (Phi) is 13.0. The van der Waals surface area contributed by atoms with Gasteiger partial charge in [-0.25, -0.2) is 9.59 Å². The molecule has 2 aromatic rings. The summed E-state index contributed by atoms with van der Waals surface area (Å²) in [6.45, 7) is 8.42. The fourth-order valence-corrected chi connectivity index (χ4v) is 6.18. The molecule has 0 saturated carbocycles. The second-order valence-electron chi connectivity index (χ2n) is 7.79. The van der Waals surface area contributed by atoms with Crippen LogP contribution < -0.4 is 10.1 Å². The molecule has 0 aliphatic rings. The molecule has 9 nitrogen and oxygen atoms in total. The highest BCUT2D eigenvalue weighted by atomic mass is 28.4. The highest BCUT2D eigenvalue weighted by molar-refractivity contribution is 6.60. The molecule has 0 bridgehead atoms. The van der Waals surface area contributed by atoms with Gasteiger partial charge in [0.15, 0.2) is 0 Å². The molecule has 0 radical (unpaired) electrons. The average molecular weight is 520 g/mol. The normalized spacial score (nSPS) is 11.6. The Labute approximate surface area is 213 Å². The van der Waals surface area contributed by atoms with E-state index in [2.05, 4.69) is 5.32 Å². The quantitative estimate of drug-likeness (QED) is 0.173. The van der Waals surface area contributed by atoms with Crippen LogP contribution in [0.15, 0.2) is 42.5 Å². The second kappa shape index (κ2) is 15.9. The van der Waals surface area contributed by atoms with Crippen molar-refractivity contribution >= 4 is 37.7 Å². The lowest BCUT2D eigenvalue weighted by Gasteiger charge is -2.28. The summed E-state index contributed by atoms with van der Waals surface area (Å²) >= 11 is 0. The van der Waals surface area contributed by atoms with Gasteiger partial charge in [-0.3, -0.25) is 0 Å². The van der Waals surface area contributed by atoms with E-state index in [0.29, 0.717) is 57.6 Å². The van der Waals surface area contributed by atoms with Crippen molar-refractivity contribution < 1.29 is 37.4 Å². The third-order valence-corrected chi connectivity index (χ3v) is 8.22. The smallest absolute Gasteiger partial charge is 0.493 e. The van der Waals surface area contributed by atoms with E-state index in [1.807, 2.05) is 57.2 Å². The number of carbonyl (C=O) groups is 2. The first-order valence-corrected chi connectivity index (χ1v) is 14.2. The van der Waals surface area contributed by atoms with Gasteiger partial charge >= 0.3 is 20.9 Å². The Balaban J connectivity index is 1.67. The maximum atomic E-state index is 11.9. The molecule has 0 aromatic heterocycles. The molecular formula is C26H37NO8Si. The fourth-order valence-electron chi connectivity index (χ4n) is 3.56. The predicted octanol–water partition coefficient (Wildman–Crippen LogP) is 4.87. The number of rotatable bonds is 17. The molecule has 0 atom stereocenters. The van der Waals surface area contributed by atoms with E-state index in [9.17, 15) is 9.59 Å². The van der Waals surface area contributed by atoms with Crippen LogP contribution in [-0.2, 0) is 22.8 Å². The van der Waals surface area contributed by atoms with Gasteiger partial charge in [0.25, 0.3) is 0 Å². The van der Waals surface area contributed by atoms with Crippen LogP contribution in [0.3, 0.4) is 0 Å². The molecule has 0 aliphatic heterocycles. The van der Waals surface area contributed by atoms with E-state index in [-0.39, 0.29) is 6.61 Å². The van der Waals surface area contributed by atoms with Crippen LogP contribution in [0.5, 0.6) is 5.75 Å². The molecule has 10 heteroatoms. The van der Waals surface area contributed by atoms with Crippen molar-refractivity contribution in [1.29, 1.82) is 0 Å². The number of carboxylic acids is 1. The summed E-state index contributed by atoms with van der Waals surface area (Å²) in [4.78, 5) is 22.6. The molecule has 0 fully saturated rings.